The second-order valence-electron chi connectivity index (χ2n) is 4.22. The first-order valence-corrected chi connectivity index (χ1v) is 5.47. The van der Waals surface area contributed by atoms with Gasteiger partial charge in [-0.2, -0.15) is 5.10 Å². The number of nitrogen functional groups attached to an aromatic ring is 1. The molecule has 0 bridgehead atoms. The summed E-state index contributed by atoms with van der Waals surface area (Å²) in [6.45, 7) is 4.06. The third-order valence-electron chi connectivity index (χ3n) is 2.90. The molecule has 4 heteroatoms. The number of aromatic nitrogens is 2. The van der Waals surface area contributed by atoms with Crippen molar-refractivity contribution in [2.24, 2.45) is 7.05 Å². The summed E-state index contributed by atoms with van der Waals surface area (Å²) in [6.07, 6.45) is 1.67. The Morgan fingerprint density at radius 2 is 1.82 bits per heavy atom. The summed E-state index contributed by atoms with van der Waals surface area (Å²) in [4.78, 5) is 0. The fourth-order valence-electron chi connectivity index (χ4n) is 2.22. The zero-order chi connectivity index (χ0) is 12.6. The molecular weight excluding hydrogens is 214 g/mol. The van der Waals surface area contributed by atoms with Gasteiger partial charge in [-0.25, -0.2) is 0 Å². The first-order valence-electron chi connectivity index (χ1n) is 5.47. The summed E-state index contributed by atoms with van der Waals surface area (Å²) in [5, 5.41) is 4.15. The summed E-state index contributed by atoms with van der Waals surface area (Å²) in [5.41, 5.74) is 10.8. The number of hydrogen-bond acceptors (Lipinski definition) is 3. The monoisotopic (exact) mass is 231 g/mol. The molecule has 1 aromatic heterocycles. The van der Waals surface area contributed by atoms with Crippen LogP contribution in [0.5, 0.6) is 5.75 Å². The lowest BCUT2D eigenvalue weighted by molar-refractivity contribution is 0.408. The maximum atomic E-state index is 5.93. The van der Waals surface area contributed by atoms with Crippen molar-refractivity contribution < 1.29 is 4.74 Å². The Bertz CT molecular complexity index is 515. The van der Waals surface area contributed by atoms with Gasteiger partial charge < -0.3 is 10.5 Å². The molecule has 1 heterocycles. The molecule has 0 aliphatic carbocycles. The number of nitrogens with two attached hydrogens (primary N) is 1. The zero-order valence-corrected chi connectivity index (χ0v) is 10.6. The van der Waals surface area contributed by atoms with Crippen LogP contribution >= 0.6 is 0 Å². The van der Waals surface area contributed by atoms with Crippen LogP contribution in [-0.4, -0.2) is 16.9 Å². The number of aryl methyl sites for hydroxylation is 3. The van der Waals surface area contributed by atoms with E-state index in [0.29, 0.717) is 5.69 Å². The lowest BCUT2D eigenvalue weighted by Crippen LogP contribution is -1.98. The second-order valence-corrected chi connectivity index (χ2v) is 4.22. The van der Waals surface area contributed by atoms with E-state index in [1.165, 1.54) is 0 Å². The zero-order valence-electron chi connectivity index (χ0n) is 10.6. The average Bonchev–Trinajstić information content (AvgIpc) is 2.58. The van der Waals surface area contributed by atoms with Gasteiger partial charge in [-0.15, -0.1) is 0 Å². The molecule has 2 aromatic rings. The van der Waals surface area contributed by atoms with Gasteiger partial charge in [-0.3, -0.25) is 4.68 Å². The molecule has 0 fully saturated rings. The van der Waals surface area contributed by atoms with Crippen molar-refractivity contribution in [3.8, 4) is 17.0 Å². The van der Waals surface area contributed by atoms with E-state index in [0.717, 1.165) is 28.1 Å². The third kappa shape index (κ3) is 1.86. The molecular formula is C13H17N3O. The van der Waals surface area contributed by atoms with Gasteiger partial charge in [0.05, 0.1) is 24.7 Å². The fraction of sp³-hybridized carbons (Fsp3) is 0.308. The molecule has 0 atom stereocenters. The van der Waals surface area contributed by atoms with Gasteiger partial charge in [0.2, 0.25) is 0 Å². The van der Waals surface area contributed by atoms with E-state index >= 15 is 0 Å². The minimum atomic E-state index is 0.691. The molecule has 0 aliphatic rings. The average molecular weight is 231 g/mol. The van der Waals surface area contributed by atoms with Gasteiger partial charge in [0.25, 0.3) is 0 Å². The molecule has 0 unspecified atom stereocenters. The van der Waals surface area contributed by atoms with Gasteiger partial charge in [0.15, 0.2) is 0 Å². The van der Waals surface area contributed by atoms with Crippen molar-refractivity contribution in [3.63, 3.8) is 0 Å². The standard InChI is InChI=1S/C13H17N3O/c1-8-5-10(6-9(2)13(8)17-4)12-11(14)7-15-16(12)3/h5-7H,14H2,1-4H3. The Hall–Kier alpha value is -1.97. The number of ether oxygens (including phenoxy) is 1. The lowest BCUT2D eigenvalue weighted by Gasteiger charge is -2.12. The summed E-state index contributed by atoms with van der Waals surface area (Å²) >= 11 is 0. The van der Waals surface area contributed by atoms with Crippen molar-refractivity contribution in [1.82, 2.24) is 9.78 Å². The number of rotatable bonds is 2. The number of anilines is 1. The molecule has 4 nitrogen and oxygen atoms in total. The van der Waals surface area contributed by atoms with Crippen LogP contribution in [0.25, 0.3) is 11.3 Å². The summed E-state index contributed by atoms with van der Waals surface area (Å²) < 4.78 is 7.14. The van der Waals surface area contributed by atoms with Crippen molar-refractivity contribution >= 4 is 5.69 Å². The Morgan fingerprint density at radius 3 is 2.24 bits per heavy atom. The summed E-state index contributed by atoms with van der Waals surface area (Å²) in [6, 6.07) is 4.14. The largest absolute Gasteiger partial charge is 0.496 e. The highest BCUT2D eigenvalue weighted by Gasteiger charge is 2.12. The van der Waals surface area contributed by atoms with E-state index in [1.807, 2.05) is 20.9 Å². The van der Waals surface area contributed by atoms with Gasteiger partial charge in [-0.1, -0.05) is 0 Å². The second kappa shape index (κ2) is 4.13. The Balaban J connectivity index is 2.62. The molecule has 0 saturated carbocycles. The van der Waals surface area contributed by atoms with Crippen LogP contribution in [0.15, 0.2) is 18.3 Å². The van der Waals surface area contributed by atoms with Crippen molar-refractivity contribution in [2.75, 3.05) is 12.8 Å². The number of nitrogens with zero attached hydrogens (tertiary/aromatic N) is 2. The highest BCUT2D eigenvalue weighted by Crippen LogP contribution is 2.32. The van der Waals surface area contributed by atoms with Crippen LogP contribution in [0.1, 0.15) is 11.1 Å². The number of methoxy groups -OCH3 is 1. The maximum absolute atomic E-state index is 5.93. The third-order valence-corrected chi connectivity index (χ3v) is 2.90. The molecule has 0 radical (unpaired) electrons. The van der Waals surface area contributed by atoms with Crippen molar-refractivity contribution in [3.05, 3.63) is 29.5 Å². The van der Waals surface area contributed by atoms with Gasteiger partial charge >= 0.3 is 0 Å². The predicted octanol–water partition coefficient (Wildman–Crippen LogP) is 2.29. The number of hydrogen-bond donors (Lipinski definition) is 1. The molecule has 1 aromatic carbocycles. The molecule has 2 rings (SSSR count). The first-order chi connectivity index (χ1) is 8.04. The maximum Gasteiger partial charge on any atom is 0.124 e. The molecule has 0 saturated heterocycles. The van der Waals surface area contributed by atoms with E-state index in [1.54, 1.807) is 18.0 Å². The van der Waals surface area contributed by atoms with Crippen molar-refractivity contribution in [1.29, 1.82) is 0 Å². The van der Waals surface area contributed by atoms with Crippen LogP contribution in [0.3, 0.4) is 0 Å². The Morgan fingerprint density at radius 1 is 1.24 bits per heavy atom. The van der Waals surface area contributed by atoms with E-state index in [9.17, 15) is 0 Å². The Kier molecular flexibility index (Phi) is 2.79. The SMILES string of the molecule is COc1c(C)cc(-c2c(N)cnn2C)cc1C. The van der Waals surface area contributed by atoms with Crippen LogP contribution in [0, 0.1) is 13.8 Å². The fourth-order valence-corrected chi connectivity index (χ4v) is 2.22. The minimum absolute atomic E-state index is 0.691. The van der Waals surface area contributed by atoms with Crippen LogP contribution < -0.4 is 10.5 Å². The molecule has 17 heavy (non-hydrogen) atoms. The normalized spacial score (nSPS) is 10.6. The topological polar surface area (TPSA) is 53.1 Å². The van der Waals surface area contributed by atoms with E-state index in [-0.39, 0.29) is 0 Å². The molecule has 0 aliphatic heterocycles. The van der Waals surface area contributed by atoms with E-state index in [4.69, 9.17) is 10.5 Å². The minimum Gasteiger partial charge on any atom is -0.496 e. The molecule has 2 N–H and O–H groups in total. The quantitative estimate of drug-likeness (QED) is 0.862. The highest BCUT2D eigenvalue weighted by molar-refractivity contribution is 5.74. The van der Waals surface area contributed by atoms with Crippen molar-refractivity contribution in [2.45, 2.75) is 13.8 Å². The smallest absolute Gasteiger partial charge is 0.124 e. The van der Waals surface area contributed by atoms with E-state index in [2.05, 4.69) is 17.2 Å². The summed E-state index contributed by atoms with van der Waals surface area (Å²) in [5.74, 6) is 0.925. The highest BCUT2D eigenvalue weighted by atomic mass is 16.5. The predicted molar refractivity (Wildman–Crippen MR) is 69.1 cm³/mol. The number of benzene rings is 1. The van der Waals surface area contributed by atoms with Gasteiger partial charge in [0, 0.05) is 12.6 Å². The first kappa shape index (κ1) is 11.5. The Labute approximate surface area is 101 Å². The summed E-state index contributed by atoms with van der Waals surface area (Å²) in [7, 11) is 3.58. The van der Waals surface area contributed by atoms with Crippen LogP contribution in [0.4, 0.5) is 5.69 Å². The van der Waals surface area contributed by atoms with E-state index < -0.39 is 0 Å². The lowest BCUT2D eigenvalue weighted by atomic mass is 10.0. The molecule has 0 spiro atoms. The van der Waals surface area contributed by atoms with Crippen LogP contribution in [-0.2, 0) is 7.05 Å². The van der Waals surface area contributed by atoms with Gasteiger partial charge in [0.1, 0.15) is 5.75 Å². The molecule has 90 valence electrons. The van der Waals surface area contributed by atoms with Gasteiger partial charge in [-0.05, 0) is 37.1 Å². The van der Waals surface area contributed by atoms with Crippen LogP contribution in [0.2, 0.25) is 0 Å². The molecule has 0 amide bonds.